The van der Waals surface area contributed by atoms with E-state index in [-0.39, 0.29) is 10.7 Å². The Morgan fingerprint density at radius 3 is 2.31 bits per heavy atom. The van der Waals surface area contributed by atoms with Crippen LogP contribution in [-0.4, -0.2) is 14.2 Å². The molecule has 6 heteroatoms. The highest BCUT2D eigenvalue weighted by atomic mass is 32.2. The third-order valence-corrected chi connectivity index (χ3v) is 5.02. The van der Waals surface area contributed by atoms with E-state index in [9.17, 15) is 13.2 Å². The molecular formula is C20H17NO4S. The molecule has 0 saturated heterocycles. The van der Waals surface area contributed by atoms with Gasteiger partial charge in [0, 0.05) is 5.56 Å². The zero-order chi connectivity index (χ0) is 18.6. The van der Waals surface area contributed by atoms with Gasteiger partial charge in [-0.1, -0.05) is 42.5 Å². The van der Waals surface area contributed by atoms with Crippen LogP contribution in [0.2, 0.25) is 0 Å². The van der Waals surface area contributed by atoms with Gasteiger partial charge in [-0.2, -0.15) is 0 Å². The lowest BCUT2D eigenvalue weighted by Crippen LogP contribution is -2.14. The molecule has 0 saturated carbocycles. The third-order valence-electron chi connectivity index (χ3n) is 3.65. The average Bonchev–Trinajstić information content (AvgIpc) is 2.64. The third kappa shape index (κ3) is 4.10. The van der Waals surface area contributed by atoms with Crippen molar-refractivity contribution in [3.63, 3.8) is 0 Å². The largest absolute Gasteiger partial charge is 0.455 e. The summed E-state index contributed by atoms with van der Waals surface area (Å²) >= 11 is 0. The van der Waals surface area contributed by atoms with Crippen LogP contribution in [0.25, 0.3) is 0 Å². The Hall–Kier alpha value is -3.12. The van der Waals surface area contributed by atoms with Crippen LogP contribution in [0.5, 0.6) is 11.5 Å². The first-order chi connectivity index (χ1) is 12.5. The standard InChI is InChI=1S/C20H17NO4S/c1-15(22)16-8-7-11-18(14-16)26(23,24)21-19-12-5-6-13-20(19)25-17-9-3-2-4-10-17/h2-14,21H,1H3. The van der Waals surface area contributed by atoms with Crippen LogP contribution in [0, 0.1) is 0 Å². The van der Waals surface area contributed by atoms with Gasteiger partial charge in [0.05, 0.1) is 10.6 Å². The molecule has 0 unspecified atom stereocenters. The van der Waals surface area contributed by atoms with Gasteiger partial charge in [0.25, 0.3) is 10.0 Å². The second-order valence-electron chi connectivity index (χ2n) is 5.60. The quantitative estimate of drug-likeness (QED) is 0.652. The van der Waals surface area contributed by atoms with Crippen LogP contribution in [0.15, 0.2) is 83.8 Å². The summed E-state index contributed by atoms with van der Waals surface area (Å²) in [7, 11) is -3.87. The minimum atomic E-state index is -3.87. The molecule has 3 aromatic carbocycles. The zero-order valence-corrected chi connectivity index (χ0v) is 14.9. The maximum atomic E-state index is 12.7. The molecule has 0 aromatic heterocycles. The second-order valence-corrected chi connectivity index (χ2v) is 7.28. The lowest BCUT2D eigenvalue weighted by Gasteiger charge is -2.13. The lowest BCUT2D eigenvalue weighted by atomic mass is 10.2. The van der Waals surface area contributed by atoms with Crippen molar-refractivity contribution in [2.45, 2.75) is 11.8 Å². The summed E-state index contributed by atoms with van der Waals surface area (Å²) < 4.78 is 33.7. The molecule has 5 nitrogen and oxygen atoms in total. The number of carbonyl (C=O) groups excluding carboxylic acids is 1. The van der Waals surface area contributed by atoms with Crippen molar-refractivity contribution >= 4 is 21.5 Å². The van der Waals surface area contributed by atoms with Gasteiger partial charge in [0.2, 0.25) is 0 Å². The number of ether oxygens (including phenoxy) is 1. The van der Waals surface area contributed by atoms with Crippen molar-refractivity contribution in [2.24, 2.45) is 0 Å². The van der Waals surface area contributed by atoms with Crippen LogP contribution in [0.1, 0.15) is 17.3 Å². The number of sulfonamides is 1. The fraction of sp³-hybridized carbons (Fsp3) is 0.0500. The van der Waals surface area contributed by atoms with Gasteiger partial charge in [-0.05, 0) is 43.3 Å². The van der Waals surface area contributed by atoms with Crippen molar-refractivity contribution in [3.8, 4) is 11.5 Å². The number of ketones is 1. The van der Waals surface area contributed by atoms with Crippen LogP contribution in [-0.2, 0) is 10.0 Å². The summed E-state index contributed by atoms with van der Waals surface area (Å²) in [6.45, 7) is 1.39. The first-order valence-corrected chi connectivity index (χ1v) is 9.40. The van der Waals surface area contributed by atoms with Crippen LogP contribution >= 0.6 is 0 Å². The molecule has 0 aliphatic rings. The van der Waals surface area contributed by atoms with E-state index >= 15 is 0 Å². The van der Waals surface area contributed by atoms with Gasteiger partial charge < -0.3 is 4.74 Å². The number of para-hydroxylation sites is 3. The van der Waals surface area contributed by atoms with E-state index < -0.39 is 10.0 Å². The Balaban J connectivity index is 1.91. The van der Waals surface area contributed by atoms with Gasteiger partial charge in [0.15, 0.2) is 11.5 Å². The highest BCUT2D eigenvalue weighted by Gasteiger charge is 2.18. The number of rotatable bonds is 6. The first-order valence-electron chi connectivity index (χ1n) is 7.91. The second kappa shape index (κ2) is 7.41. The molecule has 3 rings (SSSR count). The number of benzene rings is 3. The van der Waals surface area contributed by atoms with Crippen LogP contribution in [0.4, 0.5) is 5.69 Å². The van der Waals surface area contributed by atoms with E-state index in [1.54, 1.807) is 42.5 Å². The van der Waals surface area contributed by atoms with Gasteiger partial charge in [0.1, 0.15) is 5.75 Å². The Labute approximate surface area is 152 Å². The number of hydrogen-bond acceptors (Lipinski definition) is 4. The zero-order valence-electron chi connectivity index (χ0n) is 14.0. The van der Waals surface area contributed by atoms with Crippen molar-refractivity contribution in [1.29, 1.82) is 0 Å². The minimum Gasteiger partial charge on any atom is -0.455 e. The molecule has 0 spiro atoms. The molecule has 0 atom stereocenters. The molecule has 0 heterocycles. The number of anilines is 1. The minimum absolute atomic E-state index is 0.0136. The number of carbonyl (C=O) groups is 1. The molecule has 132 valence electrons. The molecular weight excluding hydrogens is 350 g/mol. The molecule has 0 amide bonds. The molecule has 0 radical (unpaired) electrons. The summed E-state index contributed by atoms with van der Waals surface area (Å²) in [5.41, 5.74) is 0.645. The fourth-order valence-corrected chi connectivity index (χ4v) is 3.46. The summed E-state index contributed by atoms with van der Waals surface area (Å²) in [6, 6.07) is 21.7. The fourth-order valence-electron chi connectivity index (χ4n) is 2.34. The summed E-state index contributed by atoms with van der Waals surface area (Å²) in [6.07, 6.45) is 0. The van der Waals surface area contributed by atoms with Crippen LogP contribution in [0.3, 0.4) is 0 Å². The SMILES string of the molecule is CC(=O)c1cccc(S(=O)(=O)Nc2ccccc2Oc2ccccc2)c1. The lowest BCUT2D eigenvalue weighted by molar-refractivity contribution is 0.101. The average molecular weight is 367 g/mol. The molecule has 1 N–H and O–H groups in total. The maximum absolute atomic E-state index is 12.7. The predicted molar refractivity (Wildman–Crippen MR) is 100 cm³/mol. The van der Waals surface area contributed by atoms with E-state index in [0.717, 1.165) is 0 Å². The van der Waals surface area contributed by atoms with Gasteiger partial charge in [-0.15, -0.1) is 0 Å². The number of hydrogen-bond donors (Lipinski definition) is 1. The van der Waals surface area contributed by atoms with Crippen molar-refractivity contribution in [2.75, 3.05) is 4.72 Å². The highest BCUT2D eigenvalue weighted by Crippen LogP contribution is 2.30. The van der Waals surface area contributed by atoms with E-state index in [1.807, 2.05) is 18.2 Å². The summed E-state index contributed by atoms with van der Waals surface area (Å²) in [5, 5.41) is 0. The topological polar surface area (TPSA) is 72.5 Å². The maximum Gasteiger partial charge on any atom is 0.262 e. The van der Waals surface area contributed by atoms with E-state index in [0.29, 0.717) is 22.7 Å². The van der Waals surface area contributed by atoms with Crippen molar-refractivity contribution in [3.05, 3.63) is 84.4 Å². The van der Waals surface area contributed by atoms with Gasteiger partial charge in [-0.25, -0.2) is 8.42 Å². The predicted octanol–water partition coefficient (Wildman–Crippen LogP) is 4.48. The molecule has 26 heavy (non-hydrogen) atoms. The molecule has 0 aliphatic heterocycles. The Morgan fingerprint density at radius 2 is 1.58 bits per heavy atom. The Morgan fingerprint density at radius 1 is 0.885 bits per heavy atom. The Kier molecular flexibility index (Phi) is 5.04. The molecule has 0 fully saturated rings. The molecule has 3 aromatic rings. The van der Waals surface area contributed by atoms with E-state index in [1.165, 1.54) is 25.1 Å². The monoisotopic (exact) mass is 367 g/mol. The van der Waals surface area contributed by atoms with Gasteiger partial charge >= 0.3 is 0 Å². The summed E-state index contributed by atoms with van der Waals surface area (Å²) in [5.74, 6) is 0.776. The highest BCUT2D eigenvalue weighted by molar-refractivity contribution is 7.92. The van der Waals surface area contributed by atoms with Crippen LogP contribution < -0.4 is 9.46 Å². The van der Waals surface area contributed by atoms with Crippen molar-refractivity contribution in [1.82, 2.24) is 0 Å². The first kappa shape index (κ1) is 17.7. The number of nitrogens with one attached hydrogen (secondary N) is 1. The molecule has 0 aliphatic carbocycles. The smallest absolute Gasteiger partial charge is 0.262 e. The van der Waals surface area contributed by atoms with E-state index in [4.69, 9.17) is 4.74 Å². The Bertz CT molecular complexity index is 1030. The summed E-state index contributed by atoms with van der Waals surface area (Å²) in [4.78, 5) is 11.5. The van der Waals surface area contributed by atoms with E-state index in [2.05, 4.69) is 4.72 Å². The van der Waals surface area contributed by atoms with Crippen molar-refractivity contribution < 1.29 is 17.9 Å². The normalized spacial score (nSPS) is 11.0. The number of Topliss-reactive ketones (excluding diaryl/α,β-unsaturated/α-hetero) is 1. The molecule has 0 bridgehead atoms. The van der Waals surface area contributed by atoms with Gasteiger partial charge in [-0.3, -0.25) is 9.52 Å².